The molecule has 26 heavy (non-hydrogen) atoms. The quantitative estimate of drug-likeness (QED) is 0.404. The maximum atomic E-state index is 12.5. The lowest BCUT2D eigenvalue weighted by Crippen LogP contribution is -2.71. The molecule has 1 N–H and O–H groups in total. The first kappa shape index (κ1) is 19.0. The second-order valence-electron chi connectivity index (χ2n) is 6.27. The van der Waals surface area contributed by atoms with Crippen molar-refractivity contribution in [2.75, 3.05) is 19.0 Å². The summed E-state index contributed by atoms with van der Waals surface area (Å²) in [6.45, 7) is 1.72. The van der Waals surface area contributed by atoms with Gasteiger partial charge in [0.15, 0.2) is 6.61 Å². The predicted molar refractivity (Wildman–Crippen MR) is 100 cm³/mol. The van der Waals surface area contributed by atoms with Gasteiger partial charge in [0, 0.05) is 5.33 Å². The van der Waals surface area contributed by atoms with E-state index < -0.39 is 22.8 Å². The normalized spacial score (nSPS) is 29.6. The van der Waals surface area contributed by atoms with E-state index in [1.54, 1.807) is 12.1 Å². The number of rotatable bonds is 6. The lowest BCUT2D eigenvalue weighted by atomic mass is 9.96. The van der Waals surface area contributed by atoms with Crippen molar-refractivity contribution in [3.8, 4) is 5.75 Å². The van der Waals surface area contributed by atoms with Gasteiger partial charge in [0.2, 0.25) is 5.91 Å². The molecule has 0 radical (unpaired) electrons. The Morgan fingerprint density at radius 1 is 1.35 bits per heavy atom. The van der Waals surface area contributed by atoms with Crippen LogP contribution in [0.5, 0.6) is 5.75 Å². The Labute approximate surface area is 163 Å². The summed E-state index contributed by atoms with van der Waals surface area (Å²) in [7, 11) is 1.30. The predicted octanol–water partition coefficient (Wildman–Crippen LogP) is 1.16. The van der Waals surface area contributed by atoms with Gasteiger partial charge in [-0.15, -0.1) is 11.8 Å². The number of alkyl halides is 1. The average Bonchev–Trinajstić information content (AvgIpc) is 2.95. The Morgan fingerprint density at radius 2 is 2.04 bits per heavy atom. The minimum atomic E-state index is -0.678. The SMILES string of the molecule is COC(=O)C1N2C(=O)C(NC(=O)COc3ccccc3)[C@@H]2SC1(C)CBr. The maximum Gasteiger partial charge on any atom is 0.330 e. The van der Waals surface area contributed by atoms with Gasteiger partial charge in [-0.1, -0.05) is 34.1 Å². The standard InChI is InChI=1S/C17H19BrN2O5S/c1-17(9-18)13(16(23)24-2)20-14(22)12(15(20)26-17)19-11(21)8-25-10-6-4-3-5-7-10/h3-7,12-13,15H,8-9H2,1-2H3,(H,19,21)/t12?,13?,15-,17?/m0/s1. The number of para-hydroxylation sites is 1. The number of fused-ring (bicyclic) bond motifs is 1. The van der Waals surface area contributed by atoms with E-state index in [-0.39, 0.29) is 23.8 Å². The first-order chi connectivity index (χ1) is 12.4. The molecule has 2 aliphatic heterocycles. The van der Waals surface area contributed by atoms with Crippen LogP contribution in [0.4, 0.5) is 0 Å². The summed E-state index contributed by atoms with van der Waals surface area (Å²) in [6.07, 6.45) is 0. The molecule has 2 amide bonds. The first-order valence-electron chi connectivity index (χ1n) is 8.02. The molecule has 7 nitrogen and oxygen atoms in total. The summed E-state index contributed by atoms with van der Waals surface area (Å²) in [6, 6.07) is 7.62. The number of methoxy groups -OCH3 is 1. The molecule has 0 saturated carbocycles. The van der Waals surface area contributed by atoms with E-state index >= 15 is 0 Å². The van der Waals surface area contributed by atoms with Crippen LogP contribution in [0.3, 0.4) is 0 Å². The van der Waals surface area contributed by atoms with E-state index in [4.69, 9.17) is 9.47 Å². The van der Waals surface area contributed by atoms with Crippen molar-refractivity contribution >= 4 is 45.5 Å². The molecule has 2 saturated heterocycles. The smallest absolute Gasteiger partial charge is 0.330 e. The molecule has 4 atom stereocenters. The fraction of sp³-hybridized carbons (Fsp3) is 0.471. The van der Waals surface area contributed by atoms with Gasteiger partial charge in [0.25, 0.3) is 5.91 Å². The third-order valence-electron chi connectivity index (χ3n) is 4.45. The van der Waals surface area contributed by atoms with Crippen LogP contribution in [0, 0.1) is 0 Å². The first-order valence-corrected chi connectivity index (χ1v) is 10.0. The lowest BCUT2D eigenvalue weighted by molar-refractivity contribution is -0.162. The van der Waals surface area contributed by atoms with Gasteiger partial charge in [-0.05, 0) is 19.1 Å². The third-order valence-corrected chi connectivity index (χ3v) is 7.63. The molecule has 0 bridgehead atoms. The number of carbonyl (C=O) groups excluding carboxylic acids is 3. The minimum absolute atomic E-state index is 0.179. The fourth-order valence-corrected chi connectivity index (χ4v) is 5.43. The second-order valence-corrected chi connectivity index (χ2v) is 8.48. The van der Waals surface area contributed by atoms with Crippen LogP contribution < -0.4 is 10.1 Å². The van der Waals surface area contributed by atoms with Crippen LogP contribution in [-0.2, 0) is 19.1 Å². The van der Waals surface area contributed by atoms with Gasteiger partial charge < -0.3 is 19.7 Å². The second kappa shape index (κ2) is 7.48. The van der Waals surface area contributed by atoms with Gasteiger partial charge in [0.1, 0.15) is 23.2 Å². The number of hydrogen-bond acceptors (Lipinski definition) is 6. The molecule has 0 spiro atoms. The molecule has 2 fully saturated rings. The summed E-state index contributed by atoms with van der Waals surface area (Å²) in [5, 5.41) is 2.92. The highest BCUT2D eigenvalue weighted by molar-refractivity contribution is 9.09. The Kier molecular flexibility index (Phi) is 5.47. The van der Waals surface area contributed by atoms with Crippen LogP contribution in [0.1, 0.15) is 6.92 Å². The topological polar surface area (TPSA) is 84.9 Å². The molecule has 1 aromatic rings. The van der Waals surface area contributed by atoms with Gasteiger partial charge in [-0.25, -0.2) is 4.79 Å². The number of halogens is 1. The van der Waals surface area contributed by atoms with Gasteiger partial charge in [-0.2, -0.15) is 0 Å². The third kappa shape index (κ3) is 3.29. The van der Waals surface area contributed by atoms with Crippen LogP contribution in [-0.4, -0.2) is 63.9 Å². The van der Waals surface area contributed by atoms with Crippen molar-refractivity contribution < 1.29 is 23.9 Å². The van der Waals surface area contributed by atoms with E-state index in [9.17, 15) is 14.4 Å². The van der Waals surface area contributed by atoms with E-state index in [1.165, 1.54) is 23.8 Å². The van der Waals surface area contributed by atoms with Gasteiger partial charge >= 0.3 is 5.97 Å². The minimum Gasteiger partial charge on any atom is -0.484 e. The van der Waals surface area contributed by atoms with E-state index in [1.807, 2.05) is 25.1 Å². The molecule has 3 unspecified atom stereocenters. The van der Waals surface area contributed by atoms with E-state index in [0.717, 1.165) is 0 Å². The largest absolute Gasteiger partial charge is 0.484 e. The number of esters is 1. The highest BCUT2D eigenvalue weighted by Gasteiger charge is 2.65. The monoisotopic (exact) mass is 442 g/mol. The number of hydrogen-bond donors (Lipinski definition) is 1. The summed E-state index contributed by atoms with van der Waals surface area (Å²) in [5.41, 5.74) is 0. The summed E-state index contributed by atoms with van der Waals surface area (Å²) < 4.78 is 9.74. The lowest BCUT2D eigenvalue weighted by Gasteiger charge is -2.43. The van der Waals surface area contributed by atoms with Crippen molar-refractivity contribution in [2.24, 2.45) is 0 Å². The van der Waals surface area contributed by atoms with Crippen molar-refractivity contribution in [3.05, 3.63) is 30.3 Å². The number of carbonyl (C=O) groups is 3. The highest BCUT2D eigenvalue weighted by Crippen LogP contribution is 2.51. The number of ether oxygens (including phenoxy) is 2. The van der Waals surface area contributed by atoms with Crippen molar-refractivity contribution in [1.82, 2.24) is 10.2 Å². The number of nitrogens with zero attached hydrogens (tertiary/aromatic N) is 1. The molecule has 1 aromatic carbocycles. The Balaban J connectivity index is 1.62. The van der Waals surface area contributed by atoms with Gasteiger partial charge in [0.05, 0.1) is 11.9 Å². The van der Waals surface area contributed by atoms with E-state index in [2.05, 4.69) is 21.2 Å². The number of amides is 2. The summed E-state index contributed by atoms with van der Waals surface area (Å²) in [4.78, 5) is 38.3. The molecule has 140 valence electrons. The highest BCUT2D eigenvalue weighted by atomic mass is 79.9. The molecule has 3 rings (SSSR count). The fourth-order valence-electron chi connectivity index (χ4n) is 3.11. The molecular formula is C17H19BrN2O5S. The Hall–Kier alpha value is -1.74. The van der Waals surface area contributed by atoms with Gasteiger partial charge in [-0.3, -0.25) is 9.59 Å². The Morgan fingerprint density at radius 3 is 2.65 bits per heavy atom. The summed E-state index contributed by atoms with van der Waals surface area (Å²) in [5.74, 6) is -0.533. The van der Waals surface area contributed by atoms with E-state index in [0.29, 0.717) is 11.1 Å². The zero-order valence-electron chi connectivity index (χ0n) is 14.3. The molecule has 0 aliphatic carbocycles. The van der Waals surface area contributed by atoms with Crippen LogP contribution in [0.25, 0.3) is 0 Å². The van der Waals surface area contributed by atoms with Crippen molar-refractivity contribution in [3.63, 3.8) is 0 Å². The van der Waals surface area contributed by atoms with Crippen molar-refractivity contribution in [1.29, 1.82) is 0 Å². The Bertz CT molecular complexity index is 718. The van der Waals surface area contributed by atoms with Crippen molar-refractivity contribution in [2.45, 2.75) is 29.1 Å². The number of nitrogens with one attached hydrogen (secondary N) is 1. The number of β-lactam (4-membered cyclic amide) rings is 1. The zero-order valence-corrected chi connectivity index (χ0v) is 16.7. The molecular weight excluding hydrogens is 424 g/mol. The van der Waals surface area contributed by atoms with Crippen LogP contribution in [0.15, 0.2) is 30.3 Å². The molecule has 2 heterocycles. The molecule has 9 heteroatoms. The molecule has 2 aliphatic rings. The zero-order chi connectivity index (χ0) is 18.9. The summed E-state index contributed by atoms with van der Waals surface area (Å²) >= 11 is 4.91. The van der Waals surface area contributed by atoms with Crippen LogP contribution >= 0.6 is 27.7 Å². The number of benzene rings is 1. The average molecular weight is 443 g/mol. The number of thioether (sulfide) groups is 1. The maximum absolute atomic E-state index is 12.5. The van der Waals surface area contributed by atoms with Crippen LogP contribution in [0.2, 0.25) is 0 Å². The molecule has 0 aromatic heterocycles.